The number of para-hydroxylation sites is 1. The molecule has 4 aromatic rings. The van der Waals surface area contributed by atoms with Crippen molar-refractivity contribution in [2.75, 3.05) is 11.4 Å². The van der Waals surface area contributed by atoms with E-state index in [1.54, 1.807) is 18.3 Å². The minimum atomic E-state index is -3.71. The van der Waals surface area contributed by atoms with Gasteiger partial charge >= 0.3 is 0 Å². The van der Waals surface area contributed by atoms with Crippen LogP contribution in [0.1, 0.15) is 17.5 Å². The summed E-state index contributed by atoms with van der Waals surface area (Å²) in [5, 5.41) is 0.863. The predicted octanol–water partition coefficient (Wildman–Crippen LogP) is 4.67. The van der Waals surface area contributed by atoms with Gasteiger partial charge in [0.25, 0.3) is 10.0 Å². The third-order valence-electron chi connectivity index (χ3n) is 5.47. The average Bonchev–Trinajstić information content (AvgIpc) is 3.19. The fourth-order valence-corrected chi connectivity index (χ4v) is 5.32. The number of anilines is 2. The van der Waals surface area contributed by atoms with Crippen molar-refractivity contribution in [1.29, 1.82) is 0 Å². The van der Waals surface area contributed by atoms with Gasteiger partial charge in [0.2, 0.25) is 0 Å². The van der Waals surface area contributed by atoms with Crippen molar-refractivity contribution in [2.24, 2.45) is 0 Å². The van der Waals surface area contributed by atoms with E-state index >= 15 is 0 Å². The van der Waals surface area contributed by atoms with Crippen LogP contribution in [0, 0.1) is 6.92 Å². The molecule has 0 saturated heterocycles. The second kappa shape index (κ2) is 6.74. The van der Waals surface area contributed by atoms with Crippen LogP contribution in [-0.4, -0.2) is 23.9 Å². The van der Waals surface area contributed by atoms with E-state index in [4.69, 9.17) is 0 Å². The van der Waals surface area contributed by atoms with Crippen molar-refractivity contribution >= 4 is 32.4 Å². The second-order valence-corrected chi connectivity index (χ2v) is 9.20. The lowest BCUT2D eigenvalue weighted by Crippen LogP contribution is -2.25. The number of hydrogen-bond donors (Lipinski definition) is 0. The fraction of sp³-hybridized carbons (Fsp3) is 0.174. The van der Waals surface area contributed by atoms with E-state index < -0.39 is 10.0 Å². The van der Waals surface area contributed by atoms with Gasteiger partial charge in [0.15, 0.2) is 5.65 Å². The molecule has 0 atom stereocenters. The molecule has 3 heterocycles. The van der Waals surface area contributed by atoms with Gasteiger partial charge in [-0.25, -0.2) is 17.4 Å². The fourth-order valence-electron chi connectivity index (χ4n) is 4.02. The highest BCUT2D eigenvalue weighted by atomic mass is 32.2. The number of aromatic nitrogens is 2. The van der Waals surface area contributed by atoms with Gasteiger partial charge in [0, 0.05) is 30.0 Å². The first-order valence-corrected chi connectivity index (χ1v) is 11.1. The first kappa shape index (κ1) is 17.9. The lowest BCUT2D eigenvalue weighted by Gasteiger charge is -2.31. The zero-order valence-electron chi connectivity index (χ0n) is 16.1. The Kier molecular flexibility index (Phi) is 4.17. The van der Waals surface area contributed by atoms with Gasteiger partial charge in [-0.1, -0.05) is 35.9 Å². The maximum atomic E-state index is 13.2. The number of benzene rings is 2. The second-order valence-electron chi connectivity index (χ2n) is 7.39. The van der Waals surface area contributed by atoms with Crippen molar-refractivity contribution < 1.29 is 8.42 Å². The largest absolute Gasteiger partial charge is 0.341 e. The summed E-state index contributed by atoms with van der Waals surface area (Å²) in [7, 11) is -3.71. The normalized spacial score (nSPS) is 14.2. The molecule has 5 rings (SSSR count). The molecule has 0 spiro atoms. The highest BCUT2D eigenvalue weighted by molar-refractivity contribution is 7.90. The minimum Gasteiger partial charge on any atom is -0.341 e. The van der Waals surface area contributed by atoms with Gasteiger partial charge in [0.05, 0.1) is 10.6 Å². The minimum absolute atomic E-state index is 0.264. The summed E-state index contributed by atoms with van der Waals surface area (Å²) in [5.74, 6) is 0. The van der Waals surface area contributed by atoms with Gasteiger partial charge in [-0.15, -0.1) is 0 Å². The highest BCUT2D eigenvalue weighted by Crippen LogP contribution is 2.39. The molecule has 2 aromatic heterocycles. The molecule has 1 aliphatic rings. The summed E-state index contributed by atoms with van der Waals surface area (Å²) in [6.07, 6.45) is 5.42. The molecule has 0 amide bonds. The molecule has 5 nitrogen and oxygen atoms in total. The molecule has 0 bridgehead atoms. The van der Waals surface area contributed by atoms with Gasteiger partial charge in [-0.05, 0) is 55.7 Å². The molecular weight excluding hydrogens is 382 g/mol. The summed E-state index contributed by atoms with van der Waals surface area (Å²) >= 11 is 0. The van der Waals surface area contributed by atoms with Crippen molar-refractivity contribution in [3.8, 4) is 0 Å². The Morgan fingerprint density at radius 2 is 1.72 bits per heavy atom. The Labute approximate surface area is 170 Å². The Morgan fingerprint density at radius 3 is 2.48 bits per heavy atom. The molecule has 29 heavy (non-hydrogen) atoms. The zero-order valence-corrected chi connectivity index (χ0v) is 16.9. The van der Waals surface area contributed by atoms with Gasteiger partial charge in [-0.2, -0.15) is 0 Å². The SMILES string of the molecule is Cc1ccc(S(=O)(=O)n2ccc3c4c(cnc32)CCCN4c2ccccc2)cc1. The summed E-state index contributed by atoms with van der Waals surface area (Å²) in [4.78, 5) is 7.08. The van der Waals surface area contributed by atoms with Crippen LogP contribution in [0.4, 0.5) is 11.4 Å². The lowest BCUT2D eigenvalue weighted by molar-refractivity contribution is 0.588. The first-order valence-electron chi connectivity index (χ1n) is 9.69. The van der Waals surface area contributed by atoms with E-state index in [0.29, 0.717) is 5.65 Å². The van der Waals surface area contributed by atoms with Gasteiger partial charge < -0.3 is 4.90 Å². The summed E-state index contributed by atoms with van der Waals surface area (Å²) in [5.41, 5.74) is 4.80. The number of fused-ring (bicyclic) bond motifs is 3. The van der Waals surface area contributed by atoms with Gasteiger partial charge in [0.1, 0.15) is 0 Å². The van der Waals surface area contributed by atoms with E-state index in [1.165, 1.54) is 3.97 Å². The van der Waals surface area contributed by atoms with E-state index in [-0.39, 0.29) is 4.90 Å². The number of rotatable bonds is 3. The van der Waals surface area contributed by atoms with E-state index in [1.807, 2.05) is 49.5 Å². The Balaban J connectivity index is 1.70. The Morgan fingerprint density at radius 1 is 0.966 bits per heavy atom. The highest BCUT2D eigenvalue weighted by Gasteiger charge is 2.26. The van der Waals surface area contributed by atoms with Gasteiger partial charge in [-0.3, -0.25) is 0 Å². The van der Waals surface area contributed by atoms with Crippen molar-refractivity contribution in [3.63, 3.8) is 0 Å². The first-order chi connectivity index (χ1) is 14.1. The molecule has 146 valence electrons. The third kappa shape index (κ3) is 2.91. The molecule has 0 fully saturated rings. The maximum Gasteiger partial charge on any atom is 0.269 e. The van der Waals surface area contributed by atoms with Crippen LogP contribution in [0.25, 0.3) is 11.0 Å². The molecule has 1 aliphatic heterocycles. The maximum absolute atomic E-state index is 13.2. The molecule has 0 saturated carbocycles. The zero-order chi connectivity index (χ0) is 20.0. The smallest absolute Gasteiger partial charge is 0.269 e. The predicted molar refractivity (Wildman–Crippen MR) is 115 cm³/mol. The molecule has 0 aliphatic carbocycles. The molecular formula is C23H21N3O2S. The standard InChI is InChI=1S/C23H21N3O2S/c1-17-9-11-20(12-10-17)29(27,28)26-15-13-21-22-18(16-24-23(21)26)6-5-14-25(22)19-7-3-2-4-8-19/h2-4,7-13,15-16H,5-6,14H2,1H3. The van der Waals surface area contributed by atoms with Crippen molar-refractivity contribution in [2.45, 2.75) is 24.7 Å². The van der Waals surface area contributed by atoms with Crippen LogP contribution >= 0.6 is 0 Å². The quantitative estimate of drug-likeness (QED) is 0.499. The van der Waals surface area contributed by atoms with E-state index in [9.17, 15) is 8.42 Å². The summed E-state index contributed by atoms with van der Waals surface area (Å²) in [6.45, 7) is 2.83. The molecule has 0 radical (unpaired) electrons. The monoisotopic (exact) mass is 403 g/mol. The van der Waals surface area contributed by atoms with Crippen LogP contribution < -0.4 is 4.90 Å². The number of aryl methyl sites for hydroxylation is 2. The number of pyridine rings is 1. The third-order valence-corrected chi connectivity index (χ3v) is 7.15. The number of nitrogens with zero attached hydrogens (tertiary/aromatic N) is 3. The Hall–Kier alpha value is -3.12. The number of hydrogen-bond acceptors (Lipinski definition) is 4. The van der Waals surface area contributed by atoms with Crippen molar-refractivity contribution in [1.82, 2.24) is 8.96 Å². The molecule has 0 N–H and O–H groups in total. The lowest BCUT2D eigenvalue weighted by atomic mass is 10.0. The van der Waals surface area contributed by atoms with E-state index in [2.05, 4.69) is 22.0 Å². The van der Waals surface area contributed by atoms with Crippen LogP contribution in [0.15, 0.2) is 78.0 Å². The summed E-state index contributed by atoms with van der Waals surface area (Å²) in [6, 6.07) is 19.0. The Bertz CT molecular complexity index is 1290. The van der Waals surface area contributed by atoms with E-state index in [0.717, 1.165) is 47.3 Å². The molecule has 0 unspecified atom stereocenters. The molecule has 6 heteroatoms. The van der Waals surface area contributed by atoms with Crippen LogP contribution in [-0.2, 0) is 16.4 Å². The van der Waals surface area contributed by atoms with Crippen LogP contribution in [0.3, 0.4) is 0 Å². The van der Waals surface area contributed by atoms with Crippen LogP contribution in [0.2, 0.25) is 0 Å². The van der Waals surface area contributed by atoms with Crippen LogP contribution in [0.5, 0.6) is 0 Å². The topological polar surface area (TPSA) is 55.2 Å². The average molecular weight is 404 g/mol. The molecule has 2 aromatic carbocycles. The van der Waals surface area contributed by atoms with Crippen molar-refractivity contribution in [3.05, 3.63) is 84.2 Å². The summed E-state index contributed by atoms with van der Waals surface area (Å²) < 4.78 is 27.8.